The fourth-order valence-electron chi connectivity index (χ4n) is 1.68. The van der Waals surface area contributed by atoms with Crippen LogP contribution >= 0.6 is 27.3 Å². The minimum absolute atomic E-state index is 0.843. The molecule has 2 heterocycles. The lowest BCUT2D eigenvalue weighted by molar-refractivity contribution is 1.12. The molecule has 2 N–H and O–H groups in total. The normalized spacial score (nSPS) is 10.9. The van der Waals surface area contributed by atoms with E-state index in [1.807, 2.05) is 6.20 Å². The summed E-state index contributed by atoms with van der Waals surface area (Å²) in [6, 6.07) is 10.4. The molecule has 0 saturated heterocycles. The van der Waals surface area contributed by atoms with Gasteiger partial charge in [0.2, 0.25) is 0 Å². The van der Waals surface area contributed by atoms with E-state index in [1.165, 1.54) is 8.66 Å². The van der Waals surface area contributed by atoms with Crippen LogP contribution in [0.15, 0.2) is 40.3 Å². The fraction of sp³-hybridized carbons (Fsp3) is 0.0833. The Morgan fingerprint density at radius 2 is 2.24 bits per heavy atom. The molecule has 1 aromatic carbocycles. The summed E-state index contributed by atoms with van der Waals surface area (Å²) in [5.41, 5.74) is 2.16. The smallest absolute Gasteiger partial charge is 0.0702 e. The molecule has 0 fully saturated rings. The molecule has 3 nitrogen and oxygen atoms in total. The molecule has 17 heavy (non-hydrogen) atoms. The number of halogens is 1. The van der Waals surface area contributed by atoms with Crippen LogP contribution in [0.5, 0.6) is 0 Å². The zero-order valence-corrected chi connectivity index (χ0v) is 11.3. The third-order valence-corrected chi connectivity index (χ3v) is 4.16. The average Bonchev–Trinajstić information content (AvgIpc) is 2.94. The van der Waals surface area contributed by atoms with E-state index in [0.29, 0.717) is 0 Å². The number of thiophene rings is 1. The molecule has 5 heteroatoms. The summed E-state index contributed by atoms with van der Waals surface area (Å²) in [5.74, 6) is 0. The van der Waals surface area contributed by atoms with Crippen molar-refractivity contribution >= 4 is 43.9 Å². The van der Waals surface area contributed by atoms with Crippen LogP contribution in [-0.4, -0.2) is 10.2 Å². The van der Waals surface area contributed by atoms with Crippen molar-refractivity contribution in [3.05, 3.63) is 45.2 Å². The summed E-state index contributed by atoms with van der Waals surface area (Å²) >= 11 is 5.21. The Kier molecular flexibility index (Phi) is 2.86. The number of hydrogen-bond donors (Lipinski definition) is 2. The van der Waals surface area contributed by atoms with Crippen molar-refractivity contribution in [1.29, 1.82) is 0 Å². The van der Waals surface area contributed by atoms with E-state index in [2.05, 4.69) is 61.8 Å². The number of nitrogens with one attached hydrogen (secondary N) is 2. The topological polar surface area (TPSA) is 40.7 Å². The maximum absolute atomic E-state index is 4.01. The minimum Gasteiger partial charge on any atom is -0.380 e. The highest BCUT2D eigenvalue weighted by Gasteiger charge is 2.00. The van der Waals surface area contributed by atoms with E-state index >= 15 is 0 Å². The second-order valence-electron chi connectivity index (χ2n) is 3.73. The van der Waals surface area contributed by atoms with E-state index in [1.54, 1.807) is 11.3 Å². The monoisotopic (exact) mass is 307 g/mol. The van der Waals surface area contributed by atoms with E-state index in [9.17, 15) is 0 Å². The highest BCUT2D eigenvalue weighted by molar-refractivity contribution is 9.11. The van der Waals surface area contributed by atoms with Gasteiger partial charge in [-0.3, -0.25) is 5.10 Å². The van der Waals surface area contributed by atoms with Crippen LogP contribution in [0.4, 0.5) is 5.69 Å². The molecular formula is C12H10BrN3S. The highest BCUT2D eigenvalue weighted by Crippen LogP contribution is 2.23. The molecule has 0 aliphatic rings. The number of aromatic amines is 1. The van der Waals surface area contributed by atoms with Crippen LogP contribution in [0, 0.1) is 0 Å². The Balaban J connectivity index is 1.76. The molecule has 3 rings (SSSR count). The second kappa shape index (κ2) is 4.50. The number of rotatable bonds is 3. The first kappa shape index (κ1) is 10.8. The van der Waals surface area contributed by atoms with Crippen LogP contribution in [0.3, 0.4) is 0 Å². The molecular weight excluding hydrogens is 298 g/mol. The van der Waals surface area contributed by atoms with Gasteiger partial charge in [-0.2, -0.15) is 5.10 Å². The maximum Gasteiger partial charge on any atom is 0.0702 e. The van der Waals surface area contributed by atoms with Gasteiger partial charge in [-0.1, -0.05) is 0 Å². The van der Waals surface area contributed by atoms with Gasteiger partial charge in [0.05, 0.1) is 15.5 Å². The number of H-pyrrole nitrogens is 1. The van der Waals surface area contributed by atoms with Crippen molar-refractivity contribution in [2.24, 2.45) is 0 Å². The molecule has 0 radical (unpaired) electrons. The van der Waals surface area contributed by atoms with Gasteiger partial charge in [0.25, 0.3) is 0 Å². The standard InChI is InChI=1S/C12H10BrN3S/c13-12-4-3-10(17-12)7-14-9-2-1-8-6-15-16-11(8)5-9/h1-6,14H,7H2,(H,15,16). The van der Waals surface area contributed by atoms with Gasteiger partial charge < -0.3 is 5.32 Å². The number of hydrogen-bond acceptors (Lipinski definition) is 3. The molecule has 0 atom stereocenters. The largest absolute Gasteiger partial charge is 0.380 e. The van der Waals surface area contributed by atoms with E-state index in [4.69, 9.17) is 0 Å². The first-order valence-electron chi connectivity index (χ1n) is 5.22. The predicted molar refractivity (Wildman–Crippen MR) is 75.4 cm³/mol. The second-order valence-corrected chi connectivity index (χ2v) is 6.28. The zero-order chi connectivity index (χ0) is 11.7. The molecule has 2 aromatic heterocycles. The van der Waals surface area contributed by atoms with Crippen molar-refractivity contribution in [3.63, 3.8) is 0 Å². The number of nitrogens with zero attached hydrogens (tertiary/aromatic N) is 1. The van der Waals surface area contributed by atoms with Gasteiger partial charge in [0, 0.05) is 22.5 Å². The quantitative estimate of drug-likeness (QED) is 0.768. The van der Waals surface area contributed by atoms with Crippen LogP contribution in [-0.2, 0) is 6.54 Å². The zero-order valence-electron chi connectivity index (χ0n) is 8.90. The first-order chi connectivity index (χ1) is 8.31. The lowest BCUT2D eigenvalue weighted by Crippen LogP contribution is -1.96. The van der Waals surface area contributed by atoms with Crippen LogP contribution in [0.25, 0.3) is 10.9 Å². The molecule has 0 aliphatic carbocycles. The molecule has 0 unspecified atom stereocenters. The number of anilines is 1. The molecule has 86 valence electrons. The summed E-state index contributed by atoms with van der Waals surface area (Å²) in [7, 11) is 0. The summed E-state index contributed by atoms with van der Waals surface area (Å²) in [5, 5.41) is 11.5. The first-order valence-corrected chi connectivity index (χ1v) is 6.83. The lowest BCUT2D eigenvalue weighted by Gasteiger charge is -2.04. The van der Waals surface area contributed by atoms with Crippen LogP contribution in [0.2, 0.25) is 0 Å². The molecule has 0 spiro atoms. The third kappa shape index (κ3) is 2.35. The number of fused-ring (bicyclic) bond motifs is 1. The maximum atomic E-state index is 4.01. The molecule has 3 aromatic rings. The Morgan fingerprint density at radius 1 is 1.29 bits per heavy atom. The summed E-state index contributed by atoms with van der Waals surface area (Å²) < 4.78 is 1.17. The van der Waals surface area contributed by atoms with Gasteiger partial charge in [-0.25, -0.2) is 0 Å². The summed E-state index contributed by atoms with van der Waals surface area (Å²) in [6.45, 7) is 0.843. The Labute approximate surface area is 111 Å². The molecule has 0 amide bonds. The van der Waals surface area contributed by atoms with E-state index in [0.717, 1.165) is 23.1 Å². The van der Waals surface area contributed by atoms with Crippen molar-refractivity contribution in [1.82, 2.24) is 10.2 Å². The molecule has 0 bridgehead atoms. The van der Waals surface area contributed by atoms with Gasteiger partial charge in [-0.15, -0.1) is 11.3 Å². The Morgan fingerprint density at radius 3 is 3.06 bits per heavy atom. The molecule has 0 aliphatic heterocycles. The van der Waals surface area contributed by atoms with Gasteiger partial charge in [0.15, 0.2) is 0 Å². The Hall–Kier alpha value is -1.33. The minimum atomic E-state index is 0.843. The van der Waals surface area contributed by atoms with Crippen molar-refractivity contribution in [3.8, 4) is 0 Å². The summed E-state index contributed by atoms with van der Waals surface area (Å²) in [6.07, 6.45) is 1.83. The fourth-order valence-corrected chi connectivity index (χ4v) is 3.11. The van der Waals surface area contributed by atoms with Crippen molar-refractivity contribution in [2.75, 3.05) is 5.32 Å². The number of benzene rings is 1. The van der Waals surface area contributed by atoms with E-state index < -0.39 is 0 Å². The predicted octanol–water partition coefficient (Wildman–Crippen LogP) is 4.00. The van der Waals surface area contributed by atoms with Gasteiger partial charge >= 0.3 is 0 Å². The molecule has 0 saturated carbocycles. The van der Waals surface area contributed by atoms with Crippen molar-refractivity contribution in [2.45, 2.75) is 6.54 Å². The van der Waals surface area contributed by atoms with Crippen molar-refractivity contribution < 1.29 is 0 Å². The van der Waals surface area contributed by atoms with Gasteiger partial charge in [0.1, 0.15) is 0 Å². The highest BCUT2D eigenvalue weighted by atomic mass is 79.9. The lowest BCUT2D eigenvalue weighted by atomic mass is 10.2. The average molecular weight is 308 g/mol. The van der Waals surface area contributed by atoms with E-state index in [-0.39, 0.29) is 0 Å². The number of aromatic nitrogens is 2. The van der Waals surface area contributed by atoms with Crippen LogP contribution in [0.1, 0.15) is 4.88 Å². The third-order valence-electron chi connectivity index (χ3n) is 2.54. The van der Waals surface area contributed by atoms with Gasteiger partial charge in [-0.05, 0) is 46.3 Å². The SMILES string of the molecule is Brc1ccc(CNc2ccc3cn[nH]c3c2)s1. The Bertz CT molecular complexity index is 644. The van der Waals surface area contributed by atoms with Crippen LogP contribution < -0.4 is 5.32 Å². The summed E-state index contributed by atoms with van der Waals surface area (Å²) in [4.78, 5) is 1.31.